The molecule has 6 nitrogen and oxygen atoms in total. The first-order valence-corrected chi connectivity index (χ1v) is 5.68. The maximum absolute atomic E-state index is 11.7. The summed E-state index contributed by atoms with van der Waals surface area (Å²) in [6, 6.07) is -1.77. The van der Waals surface area contributed by atoms with Gasteiger partial charge >= 0.3 is 18.2 Å². The summed E-state index contributed by atoms with van der Waals surface area (Å²) in [5, 5.41) is 13.2. The second kappa shape index (κ2) is 8.57. The Morgan fingerprint density at radius 1 is 1.37 bits per heavy atom. The van der Waals surface area contributed by atoms with E-state index in [2.05, 4.69) is 15.4 Å². The lowest BCUT2D eigenvalue weighted by Crippen LogP contribution is -2.46. The van der Waals surface area contributed by atoms with Crippen molar-refractivity contribution < 1.29 is 32.6 Å². The SMILES string of the molecule is CCCC(NC(=O)NCCOCC(F)(F)F)C(=O)O. The van der Waals surface area contributed by atoms with Gasteiger partial charge in [0.05, 0.1) is 6.61 Å². The number of carboxylic acids is 1. The van der Waals surface area contributed by atoms with Crippen molar-refractivity contribution in [2.75, 3.05) is 19.8 Å². The van der Waals surface area contributed by atoms with Crippen LogP contribution in [-0.2, 0) is 9.53 Å². The van der Waals surface area contributed by atoms with Gasteiger partial charge in [0.15, 0.2) is 0 Å². The first kappa shape index (κ1) is 17.5. The van der Waals surface area contributed by atoms with E-state index >= 15 is 0 Å². The molecule has 1 unspecified atom stereocenters. The molecule has 9 heteroatoms. The van der Waals surface area contributed by atoms with E-state index in [1.165, 1.54) is 0 Å². The van der Waals surface area contributed by atoms with Gasteiger partial charge in [0, 0.05) is 6.54 Å². The molecule has 0 bridgehead atoms. The van der Waals surface area contributed by atoms with Crippen molar-refractivity contribution in [1.82, 2.24) is 10.6 Å². The molecule has 0 aliphatic carbocycles. The molecular weight excluding hydrogens is 269 g/mol. The zero-order valence-corrected chi connectivity index (χ0v) is 10.4. The summed E-state index contributed by atoms with van der Waals surface area (Å²) in [6.07, 6.45) is -3.56. The highest BCUT2D eigenvalue weighted by atomic mass is 19.4. The van der Waals surface area contributed by atoms with Crippen LogP contribution in [0.25, 0.3) is 0 Å². The fourth-order valence-corrected chi connectivity index (χ4v) is 1.18. The van der Waals surface area contributed by atoms with Crippen LogP contribution in [0.3, 0.4) is 0 Å². The average Bonchev–Trinajstić information content (AvgIpc) is 2.26. The number of hydrogen-bond acceptors (Lipinski definition) is 3. The zero-order valence-electron chi connectivity index (χ0n) is 10.4. The largest absolute Gasteiger partial charge is 0.480 e. The fourth-order valence-electron chi connectivity index (χ4n) is 1.18. The molecule has 0 radical (unpaired) electrons. The maximum atomic E-state index is 11.7. The van der Waals surface area contributed by atoms with Crippen LogP contribution in [0.2, 0.25) is 0 Å². The highest BCUT2D eigenvalue weighted by Gasteiger charge is 2.27. The molecule has 0 spiro atoms. The Morgan fingerprint density at radius 3 is 2.47 bits per heavy atom. The van der Waals surface area contributed by atoms with Crippen molar-refractivity contribution in [3.63, 3.8) is 0 Å². The highest BCUT2D eigenvalue weighted by Crippen LogP contribution is 2.13. The molecule has 3 N–H and O–H groups in total. The molecule has 0 fully saturated rings. The molecule has 112 valence electrons. The predicted octanol–water partition coefficient (Wildman–Crippen LogP) is 1.12. The predicted molar refractivity (Wildman–Crippen MR) is 59.7 cm³/mol. The van der Waals surface area contributed by atoms with Gasteiger partial charge < -0.3 is 20.5 Å². The van der Waals surface area contributed by atoms with Crippen LogP contribution in [0.1, 0.15) is 19.8 Å². The van der Waals surface area contributed by atoms with Gasteiger partial charge in [-0.05, 0) is 6.42 Å². The standard InChI is InChI=1S/C10H17F3N2O4/c1-2-3-7(8(16)17)15-9(18)14-4-5-19-6-10(11,12)13/h7H,2-6H2,1H3,(H,16,17)(H2,14,15,18). The molecule has 1 atom stereocenters. The second-order valence-electron chi connectivity index (χ2n) is 3.75. The van der Waals surface area contributed by atoms with Crippen molar-refractivity contribution >= 4 is 12.0 Å². The summed E-state index contributed by atoms with van der Waals surface area (Å²) >= 11 is 0. The zero-order chi connectivity index (χ0) is 14.9. The minimum atomic E-state index is -4.40. The average molecular weight is 286 g/mol. The highest BCUT2D eigenvalue weighted by molar-refractivity contribution is 5.82. The first-order valence-electron chi connectivity index (χ1n) is 5.68. The summed E-state index contributed by atoms with van der Waals surface area (Å²) in [5.41, 5.74) is 0. The van der Waals surface area contributed by atoms with Crippen LogP contribution < -0.4 is 10.6 Å². The van der Waals surface area contributed by atoms with Crippen molar-refractivity contribution in [3.05, 3.63) is 0 Å². The third-order valence-corrected chi connectivity index (χ3v) is 1.98. The summed E-state index contributed by atoms with van der Waals surface area (Å²) in [6.45, 7) is -0.0663. The molecule has 0 saturated heterocycles. The van der Waals surface area contributed by atoms with E-state index in [9.17, 15) is 22.8 Å². The van der Waals surface area contributed by atoms with Gasteiger partial charge in [-0.3, -0.25) is 0 Å². The quantitative estimate of drug-likeness (QED) is 0.583. The molecular formula is C10H17F3N2O4. The lowest BCUT2D eigenvalue weighted by Gasteiger charge is -2.14. The summed E-state index contributed by atoms with van der Waals surface area (Å²) in [5.74, 6) is -1.16. The maximum Gasteiger partial charge on any atom is 0.411 e. The molecule has 0 heterocycles. The molecule has 19 heavy (non-hydrogen) atoms. The van der Waals surface area contributed by atoms with Crippen LogP contribution in [-0.4, -0.2) is 49.1 Å². The molecule has 0 aromatic carbocycles. The monoisotopic (exact) mass is 286 g/mol. The smallest absolute Gasteiger partial charge is 0.411 e. The van der Waals surface area contributed by atoms with Gasteiger partial charge in [0.25, 0.3) is 0 Å². The molecule has 0 rings (SSSR count). The third-order valence-electron chi connectivity index (χ3n) is 1.98. The normalized spacial score (nSPS) is 12.8. The number of alkyl halides is 3. The van der Waals surface area contributed by atoms with Crippen molar-refractivity contribution in [2.24, 2.45) is 0 Å². The molecule has 0 aromatic rings. The lowest BCUT2D eigenvalue weighted by atomic mass is 10.2. The minimum absolute atomic E-state index is 0.139. The Hall–Kier alpha value is -1.51. The third kappa shape index (κ3) is 10.1. The number of amides is 2. The van der Waals surface area contributed by atoms with Crippen LogP contribution in [0.5, 0.6) is 0 Å². The Morgan fingerprint density at radius 2 is 2.00 bits per heavy atom. The van der Waals surface area contributed by atoms with E-state index < -0.39 is 30.8 Å². The van der Waals surface area contributed by atoms with Gasteiger partial charge in [-0.25, -0.2) is 9.59 Å². The molecule has 0 aromatic heterocycles. The summed E-state index contributed by atoms with van der Waals surface area (Å²) in [4.78, 5) is 21.9. The van der Waals surface area contributed by atoms with Gasteiger partial charge in [-0.1, -0.05) is 13.3 Å². The number of ether oxygens (including phenoxy) is 1. The van der Waals surface area contributed by atoms with Crippen LogP contribution in [0.4, 0.5) is 18.0 Å². The van der Waals surface area contributed by atoms with Crippen molar-refractivity contribution in [1.29, 1.82) is 0 Å². The van der Waals surface area contributed by atoms with Gasteiger partial charge in [-0.2, -0.15) is 13.2 Å². The molecule has 0 aliphatic heterocycles. The van der Waals surface area contributed by atoms with E-state index in [1.54, 1.807) is 6.92 Å². The number of carbonyl (C=O) groups is 2. The van der Waals surface area contributed by atoms with E-state index in [1.807, 2.05) is 0 Å². The Kier molecular flexibility index (Phi) is 7.89. The number of halogens is 3. The molecule has 0 aliphatic rings. The van der Waals surface area contributed by atoms with E-state index in [0.29, 0.717) is 6.42 Å². The van der Waals surface area contributed by atoms with Crippen molar-refractivity contribution in [3.8, 4) is 0 Å². The van der Waals surface area contributed by atoms with Crippen LogP contribution >= 0.6 is 0 Å². The van der Waals surface area contributed by atoms with Gasteiger partial charge in [0.2, 0.25) is 0 Å². The van der Waals surface area contributed by atoms with E-state index in [4.69, 9.17) is 5.11 Å². The van der Waals surface area contributed by atoms with Gasteiger partial charge in [0.1, 0.15) is 12.6 Å². The van der Waals surface area contributed by atoms with Crippen LogP contribution in [0.15, 0.2) is 0 Å². The lowest BCUT2D eigenvalue weighted by molar-refractivity contribution is -0.173. The second-order valence-corrected chi connectivity index (χ2v) is 3.75. The van der Waals surface area contributed by atoms with Gasteiger partial charge in [-0.15, -0.1) is 0 Å². The van der Waals surface area contributed by atoms with E-state index in [0.717, 1.165) is 0 Å². The Balaban J connectivity index is 3.77. The number of nitrogens with one attached hydrogen (secondary N) is 2. The molecule has 0 saturated carbocycles. The fraction of sp³-hybridized carbons (Fsp3) is 0.800. The molecule has 2 amide bonds. The number of carboxylic acid groups (broad SMARTS) is 1. The number of rotatable bonds is 8. The Bertz CT molecular complexity index is 297. The topological polar surface area (TPSA) is 87.7 Å². The summed E-state index contributed by atoms with van der Waals surface area (Å²) in [7, 11) is 0. The minimum Gasteiger partial charge on any atom is -0.480 e. The Labute approximate surface area is 108 Å². The number of carbonyl (C=O) groups excluding carboxylic acids is 1. The number of aliphatic carboxylic acids is 1. The summed E-state index contributed by atoms with van der Waals surface area (Å²) < 4.78 is 39.4. The first-order chi connectivity index (χ1) is 8.76. The van der Waals surface area contributed by atoms with Crippen LogP contribution in [0, 0.1) is 0 Å². The van der Waals surface area contributed by atoms with Crippen molar-refractivity contribution in [2.45, 2.75) is 32.0 Å². The number of urea groups is 1. The van der Waals surface area contributed by atoms with E-state index in [-0.39, 0.29) is 19.6 Å². The number of hydrogen-bond donors (Lipinski definition) is 3.